The number of rotatable bonds is 3. The number of halogens is 3. The summed E-state index contributed by atoms with van der Waals surface area (Å²) in [6, 6.07) is 8.36. The van der Waals surface area contributed by atoms with Crippen LogP contribution in [0.2, 0.25) is 15.1 Å². The van der Waals surface area contributed by atoms with Crippen LogP contribution in [0.4, 0.5) is 5.69 Å². The lowest BCUT2D eigenvalue weighted by Crippen LogP contribution is -2.16. The van der Waals surface area contributed by atoms with E-state index in [-0.39, 0.29) is 5.91 Å². The second kappa shape index (κ2) is 7.34. The fourth-order valence-corrected chi connectivity index (χ4v) is 2.63. The number of benzene rings is 2. The Balaban J connectivity index is 1.72. The summed E-state index contributed by atoms with van der Waals surface area (Å²) >= 11 is 17.9. The third-order valence-corrected chi connectivity index (χ3v) is 4.31. The van der Waals surface area contributed by atoms with Crippen molar-refractivity contribution in [2.75, 3.05) is 18.5 Å². The Morgan fingerprint density at radius 2 is 1.67 bits per heavy atom. The van der Waals surface area contributed by atoms with Crippen molar-refractivity contribution in [3.63, 3.8) is 0 Å². The number of ether oxygens (including phenoxy) is 2. The zero-order chi connectivity index (χ0) is 17.1. The molecular formula is C17H12Cl3NO3. The molecule has 2 aromatic rings. The van der Waals surface area contributed by atoms with Gasteiger partial charge in [0.25, 0.3) is 0 Å². The van der Waals surface area contributed by atoms with Gasteiger partial charge in [0.05, 0.1) is 20.8 Å². The highest BCUT2D eigenvalue weighted by molar-refractivity contribution is 6.42. The molecule has 3 rings (SSSR count). The van der Waals surface area contributed by atoms with Gasteiger partial charge in [-0.15, -0.1) is 0 Å². The van der Waals surface area contributed by atoms with Crippen LogP contribution in [-0.4, -0.2) is 19.1 Å². The maximum absolute atomic E-state index is 12.1. The number of hydrogen-bond acceptors (Lipinski definition) is 3. The Hall–Kier alpha value is -1.88. The first-order chi connectivity index (χ1) is 11.5. The van der Waals surface area contributed by atoms with Crippen molar-refractivity contribution in [2.45, 2.75) is 0 Å². The molecule has 0 atom stereocenters. The van der Waals surface area contributed by atoms with E-state index in [0.717, 1.165) is 5.56 Å². The fraction of sp³-hybridized carbons (Fsp3) is 0.118. The number of anilines is 1. The second-order valence-corrected chi connectivity index (χ2v) is 6.19. The zero-order valence-electron chi connectivity index (χ0n) is 12.3. The van der Waals surface area contributed by atoms with E-state index in [1.165, 1.54) is 6.08 Å². The summed E-state index contributed by atoms with van der Waals surface area (Å²) in [6.07, 6.45) is 3.01. The molecule has 0 unspecified atom stereocenters. The van der Waals surface area contributed by atoms with E-state index in [2.05, 4.69) is 5.32 Å². The van der Waals surface area contributed by atoms with Gasteiger partial charge < -0.3 is 14.8 Å². The molecule has 124 valence electrons. The van der Waals surface area contributed by atoms with Gasteiger partial charge in [0.15, 0.2) is 11.5 Å². The number of carbonyl (C=O) groups excluding carboxylic acids is 1. The predicted octanol–water partition coefficient (Wildman–Crippen LogP) is 5.07. The van der Waals surface area contributed by atoms with Crippen molar-refractivity contribution < 1.29 is 14.3 Å². The van der Waals surface area contributed by atoms with Crippen LogP contribution in [0.1, 0.15) is 5.56 Å². The molecule has 0 saturated carbocycles. The van der Waals surface area contributed by atoms with E-state index in [1.54, 1.807) is 36.4 Å². The van der Waals surface area contributed by atoms with Gasteiger partial charge in [-0.05, 0) is 23.8 Å². The molecule has 1 N–H and O–H groups in total. The van der Waals surface area contributed by atoms with Gasteiger partial charge in [-0.3, -0.25) is 4.79 Å². The van der Waals surface area contributed by atoms with E-state index in [0.29, 0.717) is 45.5 Å². The average molecular weight is 385 g/mol. The number of nitrogens with one attached hydrogen (secondary N) is 1. The molecule has 0 aliphatic carbocycles. The van der Waals surface area contributed by atoms with Crippen LogP contribution >= 0.6 is 34.8 Å². The minimum absolute atomic E-state index is 0.334. The Bertz CT molecular complexity index is 821. The van der Waals surface area contributed by atoms with E-state index in [4.69, 9.17) is 44.3 Å². The van der Waals surface area contributed by atoms with E-state index < -0.39 is 0 Å². The van der Waals surface area contributed by atoms with Gasteiger partial charge in [-0.2, -0.15) is 0 Å². The van der Waals surface area contributed by atoms with Gasteiger partial charge >= 0.3 is 0 Å². The smallest absolute Gasteiger partial charge is 0.248 e. The van der Waals surface area contributed by atoms with Crippen LogP contribution in [0.15, 0.2) is 36.4 Å². The molecule has 1 heterocycles. The Labute approximate surface area is 153 Å². The molecule has 2 aromatic carbocycles. The molecule has 0 radical (unpaired) electrons. The van der Waals surface area contributed by atoms with Crippen molar-refractivity contribution in [3.8, 4) is 11.5 Å². The fourth-order valence-electron chi connectivity index (χ4n) is 2.12. The molecule has 7 heteroatoms. The van der Waals surface area contributed by atoms with Crippen LogP contribution in [0, 0.1) is 0 Å². The largest absolute Gasteiger partial charge is 0.486 e. The van der Waals surface area contributed by atoms with Crippen LogP contribution < -0.4 is 14.8 Å². The lowest BCUT2D eigenvalue weighted by Gasteiger charge is -2.19. The summed E-state index contributed by atoms with van der Waals surface area (Å²) in [7, 11) is 0. The predicted molar refractivity (Wildman–Crippen MR) is 96.6 cm³/mol. The molecule has 0 saturated heterocycles. The maximum atomic E-state index is 12.1. The molecule has 0 spiro atoms. The Morgan fingerprint density at radius 3 is 2.38 bits per heavy atom. The molecule has 4 nitrogen and oxygen atoms in total. The molecule has 1 aliphatic heterocycles. The minimum Gasteiger partial charge on any atom is -0.486 e. The third kappa shape index (κ3) is 3.96. The second-order valence-electron chi connectivity index (χ2n) is 4.97. The molecular weight excluding hydrogens is 373 g/mol. The van der Waals surface area contributed by atoms with Crippen molar-refractivity contribution in [2.24, 2.45) is 0 Å². The summed E-state index contributed by atoms with van der Waals surface area (Å²) in [5, 5.41) is 3.96. The quantitative estimate of drug-likeness (QED) is 0.752. The molecule has 0 bridgehead atoms. The number of hydrogen-bond donors (Lipinski definition) is 1. The van der Waals surface area contributed by atoms with E-state index in [9.17, 15) is 4.79 Å². The molecule has 1 amide bonds. The van der Waals surface area contributed by atoms with Crippen molar-refractivity contribution in [1.29, 1.82) is 0 Å². The maximum Gasteiger partial charge on any atom is 0.248 e. The van der Waals surface area contributed by atoms with Gasteiger partial charge in [0.1, 0.15) is 13.2 Å². The van der Waals surface area contributed by atoms with Crippen LogP contribution in [0.3, 0.4) is 0 Å². The number of amides is 1. The molecule has 24 heavy (non-hydrogen) atoms. The van der Waals surface area contributed by atoms with Crippen LogP contribution in [0.25, 0.3) is 6.08 Å². The average Bonchev–Trinajstić information content (AvgIpc) is 2.56. The normalized spacial score (nSPS) is 13.1. The van der Waals surface area contributed by atoms with Crippen molar-refractivity contribution >= 4 is 52.5 Å². The van der Waals surface area contributed by atoms with E-state index >= 15 is 0 Å². The molecule has 1 aliphatic rings. The summed E-state index contributed by atoms with van der Waals surface area (Å²) in [5.41, 5.74) is 1.21. The summed E-state index contributed by atoms with van der Waals surface area (Å²) in [4.78, 5) is 12.1. The first-order valence-electron chi connectivity index (χ1n) is 7.06. The first kappa shape index (κ1) is 17.0. The van der Waals surface area contributed by atoms with Gasteiger partial charge in [-0.25, -0.2) is 0 Å². The highest BCUT2D eigenvalue weighted by Gasteiger charge is 2.15. The monoisotopic (exact) mass is 383 g/mol. The lowest BCUT2D eigenvalue weighted by atomic mass is 10.2. The Morgan fingerprint density at radius 1 is 0.958 bits per heavy atom. The SMILES string of the molecule is O=C(/C=C/c1ccc(Cl)c(Cl)c1)Nc1cc2c(cc1Cl)OCCO2. The highest BCUT2D eigenvalue weighted by Crippen LogP contribution is 2.37. The number of carbonyl (C=O) groups is 1. The minimum atomic E-state index is -0.334. The highest BCUT2D eigenvalue weighted by atomic mass is 35.5. The molecule has 0 aromatic heterocycles. The molecule has 0 fully saturated rings. The van der Waals surface area contributed by atoms with Crippen molar-refractivity contribution in [1.82, 2.24) is 0 Å². The van der Waals surface area contributed by atoms with Gasteiger partial charge in [0, 0.05) is 18.2 Å². The topological polar surface area (TPSA) is 47.6 Å². The number of fused-ring (bicyclic) bond motifs is 1. The zero-order valence-corrected chi connectivity index (χ0v) is 14.6. The van der Waals surface area contributed by atoms with E-state index in [1.807, 2.05) is 0 Å². The van der Waals surface area contributed by atoms with Gasteiger partial charge in [-0.1, -0.05) is 40.9 Å². The summed E-state index contributed by atoms with van der Waals surface area (Å²) in [6.45, 7) is 0.931. The summed E-state index contributed by atoms with van der Waals surface area (Å²) < 4.78 is 10.9. The summed E-state index contributed by atoms with van der Waals surface area (Å²) in [5.74, 6) is 0.782. The first-order valence-corrected chi connectivity index (χ1v) is 8.19. The van der Waals surface area contributed by atoms with Gasteiger partial charge in [0.2, 0.25) is 5.91 Å². The van der Waals surface area contributed by atoms with Crippen LogP contribution in [-0.2, 0) is 4.79 Å². The standard InChI is InChI=1S/C17H12Cl3NO3/c18-11-3-1-10(7-12(11)19)2-4-17(22)21-14-9-16-15(8-13(14)20)23-5-6-24-16/h1-4,7-9H,5-6H2,(H,21,22)/b4-2+. The van der Waals surface area contributed by atoms with Crippen molar-refractivity contribution in [3.05, 3.63) is 57.0 Å². The Kier molecular flexibility index (Phi) is 5.19. The lowest BCUT2D eigenvalue weighted by molar-refractivity contribution is -0.111. The van der Waals surface area contributed by atoms with Crippen LogP contribution in [0.5, 0.6) is 11.5 Å². The third-order valence-electron chi connectivity index (χ3n) is 3.26.